The molecule has 0 saturated heterocycles. The summed E-state index contributed by atoms with van der Waals surface area (Å²) in [5, 5.41) is 10.3. The normalized spacial score (nSPS) is 18.3. The Kier molecular flexibility index (Phi) is 4.52. The summed E-state index contributed by atoms with van der Waals surface area (Å²) in [6.45, 7) is 7.51. The Balaban J connectivity index is 1.69. The number of rotatable bonds is 4. The van der Waals surface area contributed by atoms with Crippen LogP contribution in [0.5, 0.6) is 0 Å². The number of hydrogen-bond acceptors (Lipinski definition) is 2. The monoisotopic (exact) mass is 362 g/mol. The lowest BCUT2D eigenvalue weighted by Gasteiger charge is -2.37. The molecule has 0 heterocycles. The predicted molar refractivity (Wildman–Crippen MR) is 114 cm³/mol. The smallest absolute Gasteiger partial charge is 0.309 e. The SMILES string of the molecule is CC(C)(O)C(C)(C)OBc1ccc2c(c1)-c1ccccc1C21CCCCC1. The topological polar surface area (TPSA) is 29.5 Å². The predicted octanol–water partition coefficient (Wildman–Crippen LogP) is 4.46. The van der Waals surface area contributed by atoms with Gasteiger partial charge in [-0.1, -0.05) is 67.2 Å². The molecule has 1 N–H and O–H groups in total. The number of hydrogen-bond donors (Lipinski definition) is 1. The average molecular weight is 362 g/mol. The van der Waals surface area contributed by atoms with Gasteiger partial charge in [0.2, 0.25) is 0 Å². The number of fused-ring (bicyclic) bond motifs is 5. The van der Waals surface area contributed by atoms with E-state index in [4.69, 9.17) is 4.65 Å². The highest BCUT2D eigenvalue weighted by Crippen LogP contribution is 2.55. The first-order valence-corrected chi connectivity index (χ1v) is 10.3. The van der Waals surface area contributed by atoms with Crippen LogP contribution in [0, 0.1) is 0 Å². The van der Waals surface area contributed by atoms with Gasteiger partial charge in [-0.25, -0.2) is 0 Å². The van der Waals surface area contributed by atoms with Crippen LogP contribution in [0.2, 0.25) is 0 Å². The Morgan fingerprint density at radius 2 is 1.56 bits per heavy atom. The molecule has 4 rings (SSSR count). The molecule has 1 saturated carbocycles. The highest BCUT2D eigenvalue weighted by Gasteiger charge is 2.43. The van der Waals surface area contributed by atoms with Crippen molar-refractivity contribution in [1.82, 2.24) is 0 Å². The molecule has 2 aliphatic rings. The van der Waals surface area contributed by atoms with E-state index in [0.29, 0.717) is 7.48 Å². The third-order valence-corrected chi connectivity index (χ3v) is 7.11. The fraction of sp³-hybridized carbons (Fsp3) is 0.500. The highest BCUT2D eigenvalue weighted by molar-refractivity contribution is 6.47. The summed E-state index contributed by atoms with van der Waals surface area (Å²) in [5.74, 6) is 0. The van der Waals surface area contributed by atoms with Gasteiger partial charge in [0, 0.05) is 5.41 Å². The van der Waals surface area contributed by atoms with E-state index in [1.54, 1.807) is 13.8 Å². The molecule has 0 bridgehead atoms. The van der Waals surface area contributed by atoms with Crippen LogP contribution in [0.1, 0.15) is 70.9 Å². The maximum Gasteiger partial charge on any atom is 0.309 e. The standard InChI is InChI=1S/C24H31BO2/c1-22(2,26)23(3,4)27-25-17-12-13-21-19(16-17)18-10-6-7-11-20(18)24(21)14-8-5-9-15-24/h6-7,10-13,16,25-26H,5,8-9,14-15H2,1-4H3. The van der Waals surface area contributed by atoms with Crippen molar-refractivity contribution >= 4 is 12.9 Å². The average Bonchev–Trinajstić information content (AvgIpc) is 2.90. The van der Waals surface area contributed by atoms with Gasteiger partial charge in [0.1, 0.15) is 0 Å². The third-order valence-electron chi connectivity index (χ3n) is 7.11. The molecule has 2 aromatic rings. The minimum Gasteiger partial charge on any atom is -0.427 e. The van der Waals surface area contributed by atoms with Crippen molar-refractivity contribution in [2.45, 2.75) is 76.4 Å². The molecule has 1 fully saturated rings. The molecule has 0 aliphatic heterocycles. The zero-order valence-corrected chi connectivity index (χ0v) is 17.1. The van der Waals surface area contributed by atoms with E-state index in [0.717, 1.165) is 0 Å². The second kappa shape index (κ2) is 6.50. The van der Waals surface area contributed by atoms with Crippen LogP contribution in [-0.4, -0.2) is 23.8 Å². The molecule has 2 nitrogen and oxygen atoms in total. The van der Waals surface area contributed by atoms with E-state index in [2.05, 4.69) is 42.5 Å². The largest absolute Gasteiger partial charge is 0.427 e. The summed E-state index contributed by atoms with van der Waals surface area (Å²) in [7, 11) is 0.513. The summed E-state index contributed by atoms with van der Waals surface area (Å²) in [6, 6.07) is 15.9. The lowest BCUT2D eigenvalue weighted by Crippen LogP contribution is -2.49. The second-order valence-electron chi connectivity index (χ2n) is 9.43. The molecule has 1 spiro atoms. The second-order valence-corrected chi connectivity index (χ2v) is 9.43. The van der Waals surface area contributed by atoms with Gasteiger partial charge in [0.15, 0.2) is 0 Å². The first-order valence-electron chi connectivity index (χ1n) is 10.3. The minimum absolute atomic E-state index is 0.218. The summed E-state index contributed by atoms with van der Waals surface area (Å²) >= 11 is 0. The first-order chi connectivity index (χ1) is 12.7. The minimum atomic E-state index is -0.886. The Hall–Kier alpha value is -1.58. The van der Waals surface area contributed by atoms with Crippen molar-refractivity contribution in [2.75, 3.05) is 0 Å². The number of aliphatic hydroxyl groups is 1. The van der Waals surface area contributed by atoms with Gasteiger partial charge < -0.3 is 9.76 Å². The number of benzene rings is 2. The van der Waals surface area contributed by atoms with E-state index in [1.165, 1.54) is 59.8 Å². The van der Waals surface area contributed by atoms with E-state index in [9.17, 15) is 5.11 Å². The molecule has 27 heavy (non-hydrogen) atoms. The molecule has 0 aromatic heterocycles. The zero-order valence-electron chi connectivity index (χ0n) is 17.1. The van der Waals surface area contributed by atoms with Crippen molar-refractivity contribution < 1.29 is 9.76 Å². The third kappa shape index (κ3) is 3.05. The molecule has 0 atom stereocenters. The lowest BCUT2D eigenvalue weighted by molar-refractivity contribution is -0.0893. The van der Waals surface area contributed by atoms with Gasteiger partial charge in [-0.05, 0) is 62.8 Å². The molecule has 3 heteroatoms. The van der Waals surface area contributed by atoms with Gasteiger partial charge >= 0.3 is 7.48 Å². The molecule has 0 amide bonds. The molecule has 0 unspecified atom stereocenters. The molecular weight excluding hydrogens is 331 g/mol. The van der Waals surface area contributed by atoms with Crippen molar-refractivity contribution in [1.29, 1.82) is 0 Å². The first kappa shape index (κ1) is 18.8. The van der Waals surface area contributed by atoms with Crippen LogP contribution in [0.15, 0.2) is 42.5 Å². The Morgan fingerprint density at radius 1 is 0.889 bits per heavy atom. The Labute approximate surface area is 164 Å². The summed E-state index contributed by atoms with van der Waals surface area (Å²) < 4.78 is 6.11. The molecule has 2 aliphatic carbocycles. The maximum atomic E-state index is 10.3. The van der Waals surface area contributed by atoms with Crippen LogP contribution < -0.4 is 5.46 Å². The molecule has 2 aromatic carbocycles. The zero-order chi connectivity index (χ0) is 19.3. The summed E-state index contributed by atoms with van der Waals surface area (Å²) in [6.07, 6.45) is 6.52. The maximum absolute atomic E-state index is 10.3. The quantitative estimate of drug-likeness (QED) is 0.814. The van der Waals surface area contributed by atoms with Gasteiger partial charge in [-0.3, -0.25) is 0 Å². The highest BCUT2D eigenvalue weighted by atomic mass is 16.5. The van der Waals surface area contributed by atoms with Crippen LogP contribution >= 0.6 is 0 Å². The van der Waals surface area contributed by atoms with Crippen LogP contribution in [-0.2, 0) is 10.1 Å². The van der Waals surface area contributed by atoms with Crippen LogP contribution in [0.3, 0.4) is 0 Å². The summed E-state index contributed by atoms with van der Waals surface area (Å²) in [5.41, 5.74) is 5.72. The van der Waals surface area contributed by atoms with Crippen molar-refractivity contribution in [2.24, 2.45) is 0 Å². The van der Waals surface area contributed by atoms with Gasteiger partial charge in [0.05, 0.1) is 11.2 Å². The lowest BCUT2D eigenvalue weighted by atomic mass is 9.67. The van der Waals surface area contributed by atoms with Gasteiger partial charge in [-0.15, -0.1) is 0 Å². The van der Waals surface area contributed by atoms with Gasteiger partial charge in [-0.2, -0.15) is 0 Å². The van der Waals surface area contributed by atoms with E-state index in [1.807, 2.05) is 13.8 Å². The van der Waals surface area contributed by atoms with E-state index >= 15 is 0 Å². The fourth-order valence-electron chi connectivity index (χ4n) is 4.74. The molecular formula is C24H31BO2. The fourth-order valence-corrected chi connectivity index (χ4v) is 4.74. The van der Waals surface area contributed by atoms with Gasteiger partial charge in [0.25, 0.3) is 0 Å². The molecule has 142 valence electrons. The van der Waals surface area contributed by atoms with Crippen LogP contribution in [0.4, 0.5) is 0 Å². The van der Waals surface area contributed by atoms with Crippen molar-refractivity contribution in [3.63, 3.8) is 0 Å². The van der Waals surface area contributed by atoms with Crippen molar-refractivity contribution in [3.05, 3.63) is 53.6 Å². The Bertz CT molecular complexity index is 842. The van der Waals surface area contributed by atoms with E-state index < -0.39 is 11.2 Å². The van der Waals surface area contributed by atoms with Crippen LogP contribution in [0.25, 0.3) is 11.1 Å². The molecule has 0 radical (unpaired) electrons. The summed E-state index contributed by atoms with van der Waals surface area (Å²) in [4.78, 5) is 0. The van der Waals surface area contributed by atoms with E-state index in [-0.39, 0.29) is 5.41 Å². The Morgan fingerprint density at radius 3 is 2.26 bits per heavy atom. The van der Waals surface area contributed by atoms with Crippen molar-refractivity contribution in [3.8, 4) is 11.1 Å².